The summed E-state index contributed by atoms with van der Waals surface area (Å²) in [5.74, 6) is -0.141. The van der Waals surface area contributed by atoms with E-state index in [2.05, 4.69) is 0 Å². The smallest absolute Gasteiger partial charge is 0.343 e. The number of esters is 1. The van der Waals surface area contributed by atoms with Gasteiger partial charge >= 0.3 is 5.97 Å². The summed E-state index contributed by atoms with van der Waals surface area (Å²) in [5, 5.41) is 0.582. The number of rotatable bonds is 5. The second-order valence-electron chi connectivity index (χ2n) is 5.53. The standard InChI is InChI=1S/C22H15ClO3/c23-19-12-10-17(11-13-19)21(24)14-9-16-5-4-8-20(15-16)26-22(25)18-6-2-1-3-7-18/h1-15H. The highest BCUT2D eigenvalue weighted by Gasteiger charge is 2.08. The number of halogens is 1. The van der Waals surface area contributed by atoms with Crippen molar-refractivity contribution in [2.75, 3.05) is 0 Å². The normalized spacial score (nSPS) is 10.7. The molecule has 0 N–H and O–H groups in total. The van der Waals surface area contributed by atoms with Gasteiger partial charge in [-0.15, -0.1) is 0 Å². The highest BCUT2D eigenvalue weighted by molar-refractivity contribution is 6.30. The molecule has 3 rings (SSSR count). The molecule has 0 amide bonds. The van der Waals surface area contributed by atoms with Crippen LogP contribution in [0.3, 0.4) is 0 Å². The fraction of sp³-hybridized carbons (Fsp3) is 0. The van der Waals surface area contributed by atoms with Gasteiger partial charge in [0, 0.05) is 10.6 Å². The predicted octanol–water partition coefficient (Wildman–Crippen LogP) is 5.46. The van der Waals surface area contributed by atoms with Gasteiger partial charge in [0.1, 0.15) is 5.75 Å². The van der Waals surface area contributed by atoms with Gasteiger partial charge in [-0.3, -0.25) is 4.79 Å². The largest absolute Gasteiger partial charge is 0.423 e. The average molecular weight is 363 g/mol. The van der Waals surface area contributed by atoms with Crippen LogP contribution >= 0.6 is 11.6 Å². The Morgan fingerprint density at radius 2 is 1.54 bits per heavy atom. The molecule has 4 heteroatoms. The molecule has 0 saturated heterocycles. The minimum Gasteiger partial charge on any atom is -0.423 e. The molecule has 0 atom stereocenters. The maximum absolute atomic E-state index is 12.2. The van der Waals surface area contributed by atoms with E-state index in [4.69, 9.17) is 16.3 Å². The van der Waals surface area contributed by atoms with E-state index in [0.29, 0.717) is 21.9 Å². The van der Waals surface area contributed by atoms with Crippen LogP contribution in [-0.2, 0) is 0 Å². The Kier molecular flexibility index (Phi) is 5.62. The Labute approximate surface area is 156 Å². The van der Waals surface area contributed by atoms with Gasteiger partial charge in [0.25, 0.3) is 0 Å². The molecule has 0 spiro atoms. The van der Waals surface area contributed by atoms with Gasteiger partial charge < -0.3 is 4.74 Å². The predicted molar refractivity (Wildman–Crippen MR) is 103 cm³/mol. The number of hydrogen-bond acceptors (Lipinski definition) is 3. The maximum atomic E-state index is 12.2. The van der Waals surface area contributed by atoms with Gasteiger partial charge in [0.15, 0.2) is 5.78 Å². The van der Waals surface area contributed by atoms with Crippen LogP contribution in [0.25, 0.3) is 6.08 Å². The van der Waals surface area contributed by atoms with E-state index in [1.165, 1.54) is 6.08 Å². The van der Waals surface area contributed by atoms with Crippen molar-refractivity contribution < 1.29 is 14.3 Å². The molecular weight excluding hydrogens is 348 g/mol. The lowest BCUT2D eigenvalue weighted by Crippen LogP contribution is -2.08. The SMILES string of the molecule is O=C(C=Cc1cccc(OC(=O)c2ccccc2)c1)c1ccc(Cl)cc1. The first-order chi connectivity index (χ1) is 12.6. The Hall–Kier alpha value is -3.17. The van der Waals surface area contributed by atoms with Gasteiger partial charge in [-0.2, -0.15) is 0 Å². The zero-order chi connectivity index (χ0) is 18.4. The fourth-order valence-corrected chi connectivity index (χ4v) is 2.43. The molecule has 0 aliphatic rings. The number of allylic oxidation sites excluding steroid dienone is 1. The lowest BCUT2D eigenvalue weighted by atomic mass is 10.1. The Balaban J connectivity index is 1.70. The molecule has 3 aromatic rings. The molecule has 128 valence electrons. The van der Waals surface area contributed by atoms with Crippen molar-refractivity contribution >= 4 is 29.4 Å². The summed E-state index contributed by atoms with van der Waals surface area (Å²) >= 11 is 5.82. The van der Waals surface area contributed by atoms with E-state index in [0.717, 1.165) is 5.56 Å². The third-order valence-electron chi connectivity index (χ3n) is 3.63. The number of ketones is 1. The molecule has 3 aromatic carbocycles. The zero-order valence-electron chi connectivity index (χ0n) is 13.8. The third kappa shape index (κ3) is 4.68. The van der Waals surface area contributed by atoms with Crippen molar-refractivity contribution in [1.29, 1.82) is 0 Å². The highest BCUT2D eigenvalue weighted by atomic mass is 35.5. The van der Waals surface area contributed by atoms with Crippen molar-refractivity contribution in [3.8, 4) is 5.75 Å². The second kappa shape index (κ2) is 8.28. The van der Waals surface area contributed by atoms with Crippen molar-refractivity contribution in [2.24, 2.45) is 0 Å². The molecule has 0 aliphatic carbocycles. The van der Waals surface area contributed by atoms with Crippen LogP contribution in [0.5, 0.6) is 5.75 Å². The Morgan fingerprint density at radius 1 is 0.808 bits per heavy atom. The molecule has 0 radical (unpaired) electrons. The molecule has 3 nitrogen and oxygen atoms in total. The molecule has 0 saturated carbocycles. The topological polar surface area (TPSA) is 43.4 Å². The maximum Gasteiger partial charge on any atom is 0.343 e. The molecule has 0 aromatic heterocycles. The van der Waals surface area contributed by atoms with Crippen LogP contribution in [0, 0.1) is 0 Å². The minimum atomic E-state index is -0.427. The Bertz CT molecular complexity index is 945. The number of carbonyl (C=O) groups excluding carboxylic acids is 2. The van der Waals surface area contributed by atoms with Gasteiger partial charge in [-0.25, -0.2) is 4.79 Å². The van der Waals surface area contributed by atoms with Crippen LogP contribution in [0.4, 0.5) is 0 Å². The minimum absolute atomic E-state index is 0.131. The summed E-state index contributed by atoms with van der Waals surface area (Å²) in [5.41, 5.74) is 1.79. The monoisotopic (exact) mass is 362 g/mol. The molecular formula is C22H15ClO3. The van der Waals surface area contributed by atoms with Crippen molar-refractivity contribution in [3.63, 3.8) is 0 Å². The number of hydrogen-bond donors (Lipinski definition) is 0. The van der Waals surface area contributed by atoms with E-state index in [9.17, 15) is 9.59 Å². The summed E-state index contributed by atoms with van der Waals surface area (Å²) in [6.07, 6.45) is 3.15. The third-order valence-corrected chi connectivity index (χ3v) is 3.89. The van der Waals surface area contributed by atoms with Gasteiger partial charge in [-0.1, -0.05) is 48.0 Å². The van der Waals surface area contributed by atoms with Crippen molar-refractivity contribution in [3.05, 3.63) is 107 Å². The molecule has 26 heavy (non-hydrogen) atoms. The lowest BCUT2D eigenvalue weighted by Gasteiger charge is -2.05. The van der Waals surface area contributed by atoms with Gasteiger partial charge in [0.05, 0.1) is 5.56 Å². The summed E-state index contributed by atoms with van der Waals surface area (Å²) in [7, 11) is 0. The number of benzene rings is 3. The first-order valence-electron chi connectivity index (χ1n) is 7.97. The molecule has 0 aliphatic heterocycles. The van der Waals surface area contributed by atoms with Crippen LogP contribution in [0.15, 0.2) is 84.9 Å². The average Bonchev–Trinajstić information content (AvgIpc) is 2.67. The van der Waals surface area contributed by atoms with Crippen LogP contribution in [0.1, 0.15) is 26.3 Å². The Morgan fingerprint density at radius 3 is 2.27 bits per heavy atom. The lowest BCUT2D eigenvalue weighted by molar-refractivity contribution is 0.0734. The first kappa shape index (κ1) is 17.6. The fourth-order valence-electron chi connectivity index (χ4n) is 2.30. The van der Waals surface area contributed by atoms with E-state index in [1.807, 2.05) is 12.1 Å². The van der Waals surface area contributed by atoms with Crippen molar-refractivity contribution in [1.82, 2.24) is 0 Å². The zero-order valence-corrected chi connectivity index (χ0v) is 14.5. The van der Waals surface area contributed by atoms with Gasteiger partial charge in [0.2, 0.25) is 0 Å². The number of carbonyl (C=O) groups is 2. The second-order valence-corrected chi connectivity index (χ2v) is 5.97. The summed E-state index contributed by atoms with van der Waals surface area (Å²) in [4.78, 5) is 24.3. The number of ether oxygens (including phenoxy) is 1. The van der Waals surface area contributed by atoms with E-state index in [1.54, 1.807) is 72.8 Å². The highest BCUT2D eigenvalue weighted by Crippen LogP contribution is 2.17. The van der Waals surface area contributed by atoms with Gasteiger partial charge in [-0.05, 0) is 60.2 Å². The quantitative estimate of drug-likeness (QED) is 0.262. The first-order valence-corrected chi connectivity index (χ1v) is 8.35. The van der Waals surface area contributed by atoms with E-state index >= 15 is 0 Å². The van der Waals surface area contributed by atoms with Crippen LogP contribution in [-0.4, -0.2) is 11.8 Å². The molecule has 0 bridgehead atoms. The molecule has 0 heterocycles. The summed E-state index contributed by atoms with van der Waals surface area (Å²) in [6, 6.07) is 22.4. The van der Waals surface area contributed by atoms with Crippen LogP contribution in [0.2, 0.25) is 5.02 Å². The van der Waals surface area contributed by atoms with Crippen molar-refractivity contribution in [2.45, 2.75) is 0 Å². The van der Waals surface area contributed by atoms with Crippen LogP contribution < -0.4 is 4.74 Å². The van der Waals surface area contributed by atoms with E-state index < -0.39 is 5.97 Å². The summed E-state index contributed by atoms with van der Waals surface area (Å²) < 4.78 is 5.37. The molecule has 0 unspecified atom stereocenters. The summed E-state index contributed by atoms with van der Waals surface area (Å²) in [6.45, 7) is 0. The molecule has 0 fully saturated rings. The van der Waals surface area contributed by atoms with E-state index in [-0.39, 0.29) is 5.78 Å².